The van der Waals surface area contributed by atoms with Gasteiger partial charge in [0.05, 0.1) is 24.2 Å². The summed E-state index contributed by atoms with van der Waals surface area (Å²) in [6.45, 7) is 5.17. The fraction of sp³-hybridized carbons (Fsp3) is 0.500. The van der Waals surface area contributed by atoms with Crippen molar-refractivity contribution in [1.29, 1.82) is 0 Å². The average molecular weight is 404 g/mol. The second-order valence-corrected chi connectivity index (χ2v) is 8.03. The fourth-order valence-corrected chi connectivity index (χ4v) is 3.97. The molecule has 3 rings (SSSR count). The van der Waals surface area contributed by atoms with Crippen LogP contribution < -0.4 is 0 Å². The Morgan fingerprint density at radius 3 is 2.64 bits per heavy atom. The summed E-state index contributed by atoms with van der Waals surface area (Å²) in [4.78, 5) is 26.3. The zero-order valence-corrected chi connectivity index (χ0v) is 17.0. The van der Waals surface area contributed by atoms with Crippen molar-refractivity contribution in [2.24, 2.45) is 5.92 Å². The van der Waals surface area contributed by atoms with Crippen molar-refractivity contribution in [3.05, 3.63) is 41.8 Å². The molecule has 0 aliphatic carbocycles. The maximum Gasteiger partial charge on any atom is 0.309 e. The molecule has 1 fully saturated rings. The first-order chi connectivity index (χ1) is 13.6. The number of amides is 1. The average Bonchev–Trinajstić information content (AvgIpc) is 3.15. The quantitative estimate of drug-likeness (QED) is 0.519. The van der Waals surface area contributed by atoms with E-state index in [0.717, 1.165) is 5.56 Å². The second kappa shape index (κ2) is 9.73. The minimum atomic E-state index is -0.329. The third kappa shape index (κ3) is 5.34. The lowest BCUT2D eigenvalue weighted by molar-refractivity contribution is -0.151. The number of esters is 1. The Bertz CT molecular complexity index is 788. The van der Waals surface area contributed by atoms with Crippen LogP contribution in [0.4, 0.5) is 0 Å². The Kier molecular flexibility index (Phi) is 7.08. The van der Waals surface area contributed by atoms with E-state index < -0.39 is 0 Å². The van der Waals surface area contributed by atoms with Gasteiger partial charge in [-0.1, -0.05) is 42.1 Å². The van der Waals surface area contributed by atoms with Gasteiger partial charge in [-0.2, -0.15) is 0 Å². The van der Waals surface area contributed by atoms with Crippen molar-refractivity contribution in [3.63, 3.8) is 0 Å². The van der Waals surface area contributed by atoms with Crippen LogP contribution >= 0.6 is 11.8 Å². The lowest BCUT2D eigenvalue weighted by Crippen LogP contribution is -2.43. The molecule has 2 aromatic rings. The monoisotopic (exact) mass is 403 g/mol. The smallest absolute Gasteiger partial charge is 0.309 e. The summed E-state index contributed by atoms with van der Waals surface area (Å²) in [6.07, 6.45) is 1.85. The summed E-state index contributed by atoms with van der Waals surface area (Å²) in [7, 11) is 0. The molecule has 7 nitrogen and oxygen atoms in total. The molecule has 1 aliphatic heterocycles. The molecular weight excluding hydrogens is 378 g/mol. The zero-order chi connectivity index (χ0) is 19.9. The van der Waals surface area contributed by atoms with E-state index in [9.17, 15) is 9.59 Å². The van der Waals surface area contributed by atoms with Crippen LogP contribution in [0.15, 0.2) is 40.0 Å². The van der Waals surface area contributed by atoms with Gasteiger partial charge in [-0.05, 0) is 32.3 Å². The van der Waals surface area contributed by atoms with E-state index in [0.29, 0.717) is 50.1 Å². The second-order valence-electron chi connectivity index (χ2n) is 6.74. The maximum absolute atomic E-state index is 12.7. The predicted molar refractivity (Wildman–Crippen MR) is 105 cm³/mol. The van der Waals surface area contributed by atoms with E-state index in [-0.39, 0.29) is 23.0 Å². The SMILES string of the molecule is CCOC(=O)C1CCN(C(=O)C(C)Sc2nnc(Cc3ccccc3)o2)CC1. The van der Waals surface area contributed by atoms with Gasteiger partial charge >= 0.3 is 5.97 Å². The van der Waals surface area contributed by atoms with Gasteiger partial charge in [0.1, 0.15) is 0 Å². The molecule has 1 unspecified atom stereocenters. The Morgan fingerprint density at radius 1 is 1.25 bits per heavy atom. The van der Waals surface area contributed by atoms with Crippen molar-refractivity contribution in [2.75, 3.05) is 19.7 Å². The van der Waals surface area contributed by atoms with Gasteiger partial charge in [0.15, 0.2) is 0 Å². The molecule has 1 amide bonds. The molecule has 1 aromatic heterocycles. The first-order valence-corrected chi connectivity index (χ1v) is 10.4. The van der Waals surface area contributed by atoms with Crippen LogP contribution in [0.25, 0.3) is 0 Å². The molecule has 0 N–H and O–H groups in total. The molecule has 0 bridgehead atoms. The highest BCUT2D eigenvalue weighted by molar-refractivity contribution is 8.00. The number of carbonyl (C=O) groups is 2. The van der Waals surface area contributed by atoms with E-state index >= 15 is 0 Å². The third-order valence-corrected chi connectivity index (χ3v) is 5.62. The maximum atomic E-state index is 12.7. The number of hydrogen-bond donors (Lipinski definition) is 0. The number of aromatic nitrogens is 2. The first kappa shape index (κ1) is 20.4. The van der Waals surface area contributed by atoms with E-state index in [1.165, 1.54) is 11.8 Å². The van der Waals surface area contributed by atoms with E-state index in [1.807, 2.05) is 37.3 Å². The van der Waals surface area contributed by atoms with Crippen LogP contribution in [0.3, 0.4) is 0 Å². The molecule has 1 aromatic carbocycles. The predicted octanol–water partition coefficient (Wildman–Crippen LogP) is 2.94. The molecule has 1 atom stereocenters. The van der Waals surface area contributed by atoms with Gasteiger partial charge in [-0.25, -0.2) is 0 Å². The van der Waals surface area contributed by atoms with Gasteiger partial charge in [0, 0.05) is 13.1 Å². The van der Waals surface area contributed by atoms with Crippen LogP contribution in [0.5, 0.6) is 0 Å². The number of carbonyl (C=O) groups excluding carboxylic acids is 2. The summed E-state index contributed by atoms with van der Waals surface area (Å²) < 4.78 is 10.8. The van der Waals surface area contributed by atoms with Crippen molar-refractivity contribution in [3.8, 4) is 0 Å². The van der Waals surface area contributed by atoms with Gasteiger partial charge in [0.25, 0.3) is 5.22 Å². The number of ether oxygens (including phenoxy) is 1. The van der Waals surface area contributed by atoms with Gasteiger partial charge in [-0.15, -0.1) is 10.2 Å². The summed E-state index contributed by atoms with van der Waals surface area (Å²) in [5, 5.41) is 8.19. The van der Waals surface area contributed by atoms with Crippen LogP contribution in [0.2, 0.25) is 0 Å². The molecule has 1 saturated heterocycles. The Hall–Kier alpha value is -2.35. The van der Waals surface area contributed by atoms with Crippen LogP contribution in [0, 0.1) is 5.92 Å². The highest BCUT2D eigenvalue weighted by Gasteiger charge is 2.31. The number of likely N-dealkylation sites (tertiary alicyclic amines) is 1. The van der Waals surface area contributed by atoms with E-state index in [4.69, 9.17) is 9.15 Å². The highest BCUT2D eigenvalue weighted by atomic mass is 32.2. The molecule has 0 radical (unpaired) electrons. The topological polar surface area (TPSA) is 85.5 Å². The molecule has 0 spiro atoms. The summed E-state index contributed by atoms with van der Waals surface area (Å²) >= 11 is 1.27. The number of benzene rings is 1. The number of rotatable bonds is 7. The van der Waals surface area contributed by atoms with Crippen molar-refractivity contribution in [1.82, 2.24) is 15.1 Å². The summed E-state index contributed by atoms with van der Waals surface area (Å²) in [5.41, 5.74) is 1.09. The van der Waals surface area contributed by atoms with Gasteiger partial charge in [-0.3, -0.25) is 9.59 Å². The molecule has 8 heteroatoms. The molecular formula is C20H25N3O4S. The molecule has 2 heterocycles. The van der Waals surface area contributed by atoms with Crippen molar-refractivity contribution >= 4 is 23.6 Å². The van der Waals surface area contributed by atoms with Crippen LogP contribution in [-0.4, -0.2) is 51.9 Å². The number of thioether (sulfide) groups is 1. The van der Waals surface area contributed by atoms with Gasteiger partial charge < -0.3 is 14.1 Å². The highest BCUT2D eigenvalue weighted by Crippen LogP contribution is 2.26. The molecule has 28 heavy (non-hydrogen) atoms. The number of hydrogen-bond acceptors (Lipinski definition) is 7. The Balaban J connectivity index is 1.49. The first-order valence-electron chi connectivity index (χ1n) is 9.55. The largest absolute Gasteiger partial charge is 0.466 e. The normalized spacial score (nSPS) is 16.0. The van der Waals surface area contributed by atoms with Crippen molar-refractivity contribution in [2.45, 2.75) is 43.6 Å². The summed E-state index contributed by atoms with van der Waals surface area (Å²) in [6, 6.07) is 9.90. The lowest BCUT2D eigenvalue weighted by Gasteiger charge is -2.32. The van der Waals surface area contributed by atoms with Crippen LogP contribution in [0.1, 0.15) is 38.1 Å². The van der Waals surface area contributed by atoms with Crippen LogP contribution in [-0.2, 0) is 20.7 Å². The molecule has 1 aliphatic rings. The van der Waals surface area contributed by atoms with E-state index in [2.05, 4.69) is 10.2 Å². The summed E-state index contributed by atoms with van der Waals surface area (Å²) in [5.74, 6) is 0.288. The van der Waals surface area contributed by atoms with Crippen molar-refractivity contribution < 1.29 is 18.7 Å². The number of nitrogens with zero attached hydrogens (tertiary/aromatic N) is 3. The fourth-order valence-electron chi connectivity index (χ4n) is 3.18. The zero-order valence-electron chi connectivity index (χ0n) is 16.2. The lowest BCUT2D eigenvalue weighted by atomic mass is 9.97. The van der Waals surface area contributed by atoms with E-state index in [1.54, 1.807) is 11.8 Å². The number of piperidine rings is 1. The van der Waals surface area contributed by atoms with Gasteiger partial charge in [0.2, 0.25) is 11.8 Å². The molecule has 150 valence electrons. The minimum Gasteiger partial charge on any atom is -0.466 e. The Labute approximate surface area is 168 Å². The molecule has 0 saturated carbocycles. The minimum absolute atomic E-state index is 0.0233. The standard InChI is InChI=1S/C20H25N3O4S/c1-3-26-19(25)16-9-11-23(12-10-16)18(24)14(2)28-20-22-21-17(27-20)13-15-7-5-4-6-8-15/h4-8,14,16H,3,9-13H2,1-2H3. The Morgan fingerprint density at radius 2 is 1.96 bits per heavy atom. The third-order valence-electron chi connectivity index (χ3n) is 4.70.